The van der Waals surface area contributed by atoms with Gasteiger partial charge in [0, 0.05) is 12.8 Å². The van der Waals surface area contributed by atoms with Gasteiger partial charge in [0.25, 0.3) is 7.82 Å². The van der Waals surface area contributed by atoms with Crippen molar-refractivity contribution in [3.63, 3.8) is 0 Å². The van der Waals surface area contributed by atoms with Crippen LogP contribution in [0.2, 0.25) is 0 Å². The van der Waals surface area contributed by atoms with Crippen LogP contribution in [0, 0.1) is 0 Å². The minimum atomic E-state index is -4.69. The smallest absolute Gasteiger partial charge is 0.306 e. The quantitative estimate of drug-likeness (QED) is 0.0212. The fourth-order valence-electron chi connectivity index (χ4n) is 8.03. The second kappa shape index (κ2) is 46.9. The van der Waals surface area contributed by atoms with Crippen molar-refractivity contribution in [1.82, 2.24) is 5.32 Å². The molecule has 0 spiro atoms. The van der Waals surface area contributed by atoms with Gasteiger partial charge in [-0.3, -0.25) is 14.2 Å². The van der Waals surface area contributed by atoms with E-state index in [1.807, 2.05) is 33.3 Å². The standard InChI is InChI=1S/C56H107N2O7P/c1-7-10-13-16-19-22-25-28-30-33-36-39-42-45-48-55(59)57-53(52-64-66(61,62)63-51-50-58(4,5)6)54(47-44-41-38-35-32-27-24-21-18-15-12-9-3)65-56(60)49-46-43-40-37-34-31-29-26-23-20-17-14-11-8-2/h11,14,20,23,44,47,53-54H,7-10,12-13,15-19,21-22,24-43,45-46,48-52H2,1-6H3,(H-,57,59,61,62)/b14-11+,23-20+,47-44+. The Labute approximate surface area is 408 Å². The Morgan fingerprint density at radius 1 is 0.545 bits per heavy atom. The SMILES string of the molecule is CC/C=C/C/C=C/CCCCCCCCCC(=O)OC(/C=C/CCCCCCCCCCCC)C(COP(=O)([O-])OCC[N+](C)(C)C)NC(=O)CCCCCCCCCCCCCCCC. The lowest BCUT2D eigenvalue weighted by atomic mass is 10.0. The molecular formula is C56H107N2O7P. The number of unbranched alkanes of at least 4 members (excludes halogenated alkanes) is 30. The first-order valence-corrected chi connectivity index (χ1v) is 29.3. The number of esters is 1. The molecule has 3 atom stereocenters. The van der Waals surface area contributed by atoms with Crippen LogP contribution < -0.4 is 10.2 Å². The van der Waals surface area contributed by atoms with Crippen LogP contribution in [0.15, 0.2) is 36.5 Å². The third-order valence-corrected chi connectivity index (χ3v) is 13.3. The van der Waals surface area contributed by atoms with Gasteiger partial charge in [0.1, 0.15) is 19.3 Å². The van der Waals surface area contributed by atoms with Gasteiger partial charge in [0.2, 0.25) is 5.91 Å². The first-order valence-electron chi connectivity index (χ1n) is 27.8. The van der Waals surface area contributed by atoms with Crippen LogP contribution in [-0.4, -0.2) is 69.4 Å². The normalized spacial score (nSPS) is 14.1. The highest BCUT2D eigenvalue weighted by atomic mass is 31.2. The molecule has 0 heterocycles. The first-order chi connectivity index (χ1) is 31.9. The van der Waals surface area contributed by atoms with Gasteiger partial charge >= 0.3 is 5.97 Å². The van der Waals surface area contributed by atoms with Crippen molar-refractivity contribution < 1.29 is 37.3 Å². The number of carbonyl (C=O) groups is 2. The molecule has 10 heteroatoms. The molecule has 0 aromatic carbocycles. The number of rotatable bonds is 50. The van der Waals surface area contributed by atoms with E-state index in [1.54, 1.807) is 0 Å². The number of ether oxygens (including phenoxy) is 1. The van der Waals surface area contributed by atoms with Crippen molar-refractivity contribution in [2.24, 2.45) is 0 Å². The Hall–Kier alpha value is -1.77. The van der Waals surface area contributed by atoms with Gasteiger partial charge in [-0.2, -0.15) is 0 Å². The monoisotopic (exact) mass is 951 g/mol. The number of nitrogens with zero attached hydrogens (tertiary/aromatic N) is 1. The number of phosphoric acid groups is 1. The second-order valence-electron chi connectivity index (χ2n) is 20.1. The number of hydrogen-bond donors (Lipinski definition) is 1. The van der Waals surface area contributed by atoms with Crippen LogP contribution >= 0.6 is 7.82 Å². The second-order valence-corrected chi connectivity index (χ2v) is 21.5. The minimum Gasteiger partial charge on any atom is -0.756 e. The number of amides is 1. The number of phosphoric ester groups is 1. The van der Waals surface area contributed by atoms with Gasteiger partial charge < -0.3 is 28.5 Å². The molecule has 0 aromatic heterocycles. The highest BCUT2D eigenvalue weighted by Gasteiger charge is 2.27. The van der Waals surface area contributed by atoms with Crippen LogP contribution in [0.4, 0.5) is 0 Å². The summed E-state index contributed by atoms with van der Waals surface area (Å²) >= 11 is 0. The van der Waals surface area contributed by atoms with E-state index < -0.39 is 20.0 Å². The molecule has 0 aliphatic heterocycles. The van der Waals surface area contributed by atoms with Gasteiger partial charge in [-0.1, -0.05) is 225 Å². The van der Waals surface area contributed by atoms with E-state index in [0.717, 1.165) is 83.5 Å². The Kier molecular flexibility index (Phi) is 45.7. The van der Waals surface area contributed by atoms with Gasteiger partial charge in [-0.05, 0) is 57.4 Å². The molecule has 66 heavy (non-hydrogen) atoms. The van der Waals surface area contributed by atoms with Crippen molar-refractivity contribution in [3.05, 3.63) is 36.5 Å². The third kappa shape index (κ3) is 47.3. The topological polar surface area (TPSA) is 114 Å². The van der Waals surface area contributed by atoms with E-state index in [1.165, 1.54) is 141 Å². The Balaban J connectivity index is 5.37. The zero-order valence-corrected chi connectivity index (χ0v) is 45.0. The fraction of sp³-hybridized carbons (Fsp3) is 0.857. The highest BCUT2D eigenvalue weighted by Crippen LogP contribution is 2.38. The summed E-state index contributed by atoms with van der Waals surface area (Å²) in [4.78, 5) is 39.8. The molecule has 0 aliphatic carbocycles. The van der Waals surface area contributed by atoms with Gasteiger partial charge in [-0.15, -0.1) is 0 Å². The van der Waals surface area contributed by atoms with Crippen molar-refractivity contribution in [3.8, 4) is 0 Å². The molecule has 1 N–H and O–H groups in total. The third-order valence-electron chi connectivity index (χ3n) is 12.3. The molecule has 388 valence electrons. The maximum absolute atomic E-state index is 13.4. The molecular weight excluding hydrogens is 844 g/mol. The van der Waals surface area contributed by atoms with Crippen molar-refractivity contribution in [2.75, 3.05) is 40.9 Å². The molecule has 1 amide bonds. The summed E-state index contributed by atoms with van der Waals surface area (Å²) in [6.45, 7) is 6.74. The average molecular weight is 951 g/mol. The van der Waals surface area contributed by atoms with E-state index in [2.05, 4.69) is 50.4 Å². The van der Waals surface area contributed by atoms with Crippen LogP contribution in [0.25, 0.3) is 0 Å². The Morgan fingerprint density at radius 3 is 1.44 bits per heavy atom. The molecule has 0 saturated heterocycles. The molecule has 0 saturated carbocycles. The van der Waals surface area contributed by atoms with E-state index in [-0.39, 0.29) is 31.5 Å². The molecule has 9 nitrogen and oxygen atoms in total. The Bertz CT molecular complexity index is 1230. The summed E-state index contributed by atoms with van der Waals surface area (Å²) in [6.07, 6.45) is 53.9. The molecule has 0 aliphatic rings. The average Bonchev–Trinajstić information content (AvgIpc) is 3.27. The van der Waals surface area contributed by atoms with Crippen LogP contribution in [0.3, 0.4) is 0 Å². The van der Waals surface area contributed by atoms with E-state index in [0.29, 0.717) is 17.4 Å². The summed E-state index contributed by atoms with van der Waals surface area (Å²) in [5.41, 5.74) is 0. The molecule has 3 unspecified atom stereocenters. The van der Waals surface area contributed by atoms with Crippen LogP contribution in [0.5, 0.6) is 0 Å². The highest BCUT2D eigenvalue weighted by molar-refractivity contribution is 7.45. The van der Waals surface area contributed by atoms with Gasteiger partial charge in [0.05, 0.1) is 33.8 Å². The molecule has 0 rings (SSSR count). The number of likely N-dealkylation sites (N-methyl/N-ethyl adjacent to an activating group) is 1. The molecule has 0 radical (unpaired) electrons. The number of nitrogens with one attached hydrogen (secondary N) is 1. The van der Waals surface area contributed by atoms with Crippen LogP contribution in [0.1, 0.15) is 258 Å². The van der Waals surface area contributed by atoms with Crippen molar-refractivity contribution >= 4 is 19.7 Å². The summed E-state index contributed by atoms with van der Waals surface area (Å²) in [7, 11) is 1.19. The summed E-state index contributed by atoms with van der Waals surface area (Å²) in [6, 6.07) is -0.885. The Morgan fingerprint density at radius 2 is 0.970 bits per heavy atom. The number of allylic oxidation sites excluding steroid dienone is 5. The lowest BCUT2D eigenvalue weighted by Crippen LogP contribution is -2.47. The molecule has 0 bridgehead atoms. The van der Waals surface area contributed by atoms with E-state index in [9.17, 15) is 19.0 Å². The minimum absolute atomic E-state index is 0.0217. The lowest BCUT2D eigenvalue weighted by molar-refractivity contribution is -0.870. The maximum Gasteiger partial charge on any atom is 0.306 e. The summed E-state index contributed by atoms with van der Waals surface area (Å²) in [5, 5.41) is 3.02. The maximum atomic E-state index is 13.4. The number of quaternary nitrogens is 1. The van der Waals surface area contributed by atoms with Crippen molar-refractivity contribution in [1.29, 1.82) is 0 Å². The zero-order chi connectivity index (χ0) is 48.7. The summed E-state index contributed by atoms with van der Waals surface area (Å²) in [5.74, 6) is -0.543. The molecule has 0 fully saturated rings. The predicted molar refractivity (Wildman–Crippen MR) is 279 cm³/mol. The van der Waals surface area contributed by atoms with Gasteiger partial charge in [-0.25, -0.2) is 0 Å². The predicted octanol–water partition coefficient (Wildman–Crippen LogP) is 15.8. The van der Waals surface area contributed by atoms with E-state index >= 15 is 0 Å². The number of carbonyl (C=O) groups excluding carboxylic acids is 2. The lowest BCUT2D eigenvalue weighted by Gasteiger charge is -2.30. The first kappa shape index (κ1) is 64.2. The fourth-order valence-corrected chi connectivity index (χ4v) is 8.75. The van der Waals surface area contributed by atoms with Gasteiger partial charge in [0.15, 0.2) is 0 Å². The zero-order valence-electron chi connectivity index (χ0n) is 44.2. The molecule has 0 aromatic rings. The van der Waals surface area contributed by atoms with E-state index in [4.69, 9.17) is 13.8 Å². The van der Waals surface area contributed by atoms with Crippen molar-refractivity contribution in [2.45, 2.75) is 270 Å². The largest absolute Gasteiger partial charge is 0.756 e. The van der Waals surface area contributed by atoms with Crippen LogP contribution in [-0.2, 0) is 27.9 Å². The number of hydrogen-bond acceptors (Lipinski definition) is 7. The summed E-state index contributed by atoms with van der Waals surface area (Å²) < 4.78 is 30.2.